The average molecular weight is 444 g/mol. The number of aromatic nitrogens is 5. The molecule has 0 aliphatic heterocycles. The van der Waals surface area contributed by atoms with E-state index in [1.165, 1.54) is 9.08 Å². The Bertz CT molecular complexity index is 1410. The molecule has 9 heteroatoms. The van der Waals surface area contributed by atoms with Crippen molar-refractivity contribution in [2.75, 3.05) is 12.8 Å². The minimum absolute atomic E-state index is 0.0225. The molecule has 3 heterocycles. The number of pyridine rings is 1. The lowest BCUT2D eigenvalue weighted by Gasteiger charge is -2.15. The van der Waals surface area contributed by atoms with E-state index >= 15 is 0 Å². The van der Waals surface area contributed by atoms with Gasteiger partial charge in [0.05, 0.1) is 11.3 Å². The monoisotopic (exact) mass is 443 g/mol. The molecule has 3 aromatic heterocycles. The van der Waals surface area contributed by atoms with E-state index in [0.29, 0.717) is 16.9 Å². The number of nitrogens with two attached hydrogens (primary N) is 1. The van der Waals surface area contributed by atoms with Gasteiger partial charge in [0, 0.05) is 30.0 Å². The Labute approximate surface area is 190 Å². The maximum Gasteiger partial charge on any atom is 0.353 e. The summed E-state index contributed by atoms with van der Waals surface area (Å²) in [5, 5.41) is 4.58. The Hall–Kier alpha value is -4.01. The van der Waals surface area contributed by atoms with Gasteiger partial charge < -0.3 is 10.6 Å². The van der Waals surface area contributed by atoms with Crippen molar-refractivity contribution in [2.24, 2.45) is 0 Å². The van der Waals surface area contributed by atoms with Gasteiger partial charge in [-0.3, -0.25) is 9.78 Å². The van der Waals surface area contributed by atoms with Gasteiger partial charge in [0.2, 0.25) is 11.9 Å². The van der Waals surface area contributed by atoms with Gasteiger partial charge >= 0.3 is 5.69 Å². The molecule has 0 atom stereocenters. The molecule has 1 amide bonds. The highest BCUT2D eigenvalue weighted by molar-refractivity contribution is 5.91. The quantitative estimate of drug-likeness (QED) is 0.507. The largest absolute Gasteiger partial charge is 0.369 e. The molecule has 5 rings (SSSR count). The topological polar surface area (TPSA) is 111 Å². The van der Waals surface area contributed by atoms with Crippen LogP contribution in [0.25, 0.3) is 28.0 Å². The Kier molecular flexibility index (Phi) is 4.96. The second kappa shape index (κ2) is 7.84. The molecular formula is C24H25N7O2. The van der Waals surface area contributed by atoms with Crippen molar-refractivity contribution in [1.29, 1.82) is 0 Å². The molecule has 2 N–H and O–H groups in total. The van der Waals surface area contributed by atoms with E-state index in [2.05, 4.69) is 15.1 Å². The molecule has 1 aliphatic rings. The fraction of sp³-hybridized carbons (Fsp3) is 0.292. The zero-order valence-corrected chi connectivity index (χ0v) is 18.8. The molecule has 0 unspecified atom stereocenters. The summed E-state index contributed by atoms with van der Waals surface area (Å²) in [6, 6.07) is 13.7. The van der Waals surface area contributed by atoms with Gasteiger partial charge in [0.15, 0.2) is 5.65 Å². The zero-order valence-electron chi connectivity index (χ0n) is 18.8. The Balaban J connectivity index is 1.76. The van der Waals surface area contributed by atoms with Gasteiger partial charge in [0.25, 0.3) is 0 Å². The maximum absolute atomic E-state index is 13.2. The van der Waals surface area contributed by atoms with Gasteiger partial charge in [-0.05, 0) is 44.4 Å². The number of carbonyl (C=O) groups excluding carboxylic acids is 1. The third-order valence-electron chi connectivity index (χ3n) is 5.95. The number of nitrogens with zero attached hydrogens (tertiary/aromatic N) is 6. The van der Waals surface area contributed by atoms with Crippen LogP contribution in [-0.4, -0.2) is 48.0 Å². The molecule has 0 bridgehead atoms. The molecule has 1 saturated carbocycles. The molecule has 0 radical (unpaired) electrons. The molecule has 1 aromatic carbocycles. The third kappa shape index (κ3) is 3.75. The highest BCUT2D eigenvalue weighted by atomic mass is 16.2. The Morgan fingerprint density at radius 3 is 2.39 bits per heavy atom. The second-order valence-electron chi connectivity index (χ2n) is 8.53. The van der Waals surface area contributed by atoms with E-state index < -0.39 is 5.69 Å². The van der Waals surface area contributed by atoms with Crippen molar-refractivity contribution in [3.8, 4) is 22.4 Å². The first kappa shape index (κ1) is 20.9. The van der Waals surface area contributed by atoms with Gasteiger partial charge in [-0.1, -0.05) is 30.3 Å². The third-order valence-corrected chi connectivity index (χ3v) is 5.95. The van der Waals surface area contributed by atoms with E-state index in [1.54, 1.807) is 11.9 Å². The first-order valence-corrected chi connectivity index (χ1v) is 10.9. The van der Waals surface area contributed by atoms with Gasteiger partial charge in [-0.15, -0.1) is 5.10 Å². The maximum atomic E-state index is 13.2. The lowest BCUT2D eigenvalue weighted by Crippen LogP contribution is -2.35. The lowest BCUT2D eigenvalue weighted by molar-refractivity contribution is -0.131. The molecule has 1 fully saturated rings. The summed E-state index contributed by atoms with van der Waals surface area (Å²) in [7, 11) is 1.76. The number of likely N-dealkylation sites (N-methyl/N-ethyl adjacent to an activating group) is 1. The predicted octanol–water partition coefficient (Wildman–Crippen LogP) is 2.44. The van der Waals surface area contributed by atoms with E-state index in [0.717, 1.165) is 35.4 Å². The van der Waals surface area contributed by atoms with Gasteiger partial charge in [0.1, 0.15) is 6.54 Å². The normalized spacial score (nSPS) is 13.4. The summed E-state index contributed by atoms with van der Waals surface area (Å²) in [5.74, 6) is -0.135. The second-order valence-corrected chi connectivity index (χ2v) is 8.53. The highest BCUT2D eigenvalue weighted by Gasteiger charge is 2.30. The van der Waals surface area contributed by atoms with Crippen LogP contribution >= 0.6 is 0 Å². The van der Waals surface area contributed by atoms with Crippen molar-refractivity contribution in [3.05, 3.63) is 64.3 Å². The van der Waals surface area contributed by atoms with Gasteiger partial charge in [-0.2, -0.15) is 0 Å². The van der Waals surface area contributed by atoms with Crippen LogP contribution in [0.15, 0.2) is 47.3 Å². The summed E-state index contributed by atoms with van der Waals surface area (Å²) in [6.45, 7) is 3.68. The van der Waals surface area contributed by atoms with Crippen molar-refractivity contribution in [2.45, 2.75) is 39.3 Å². The summed E-state index contributed by atoms with van der Waals surface area (Å²) < 4.78 is 2.45. The van der Waals surface area contributed by atoms with Crippen LogP contribution in [0.2, 0.25) is 0 Å². The van der Waals surface area contributed by atoms with Crippen LogP contribution in [-0.2, 0) is 11.3 Å². The first-order valence-electron chi connectivity index (χ1n) is 10.9. The van der Waals surface area contributed by atoms with Crippen LogP contribution in [0.3, 0.4) is 0 Å². The summed E-state index contributed by atoms with van der Waals surface area (Å²) in [4.78, 5) is 36.7. The number of amides is 1. The number of hydrogen-bond donors (Lipinski definition) is 1. The number of rotatable bonds is 5. The molecule has 4 aromatic rings. The summed E-state index contributed by atoms with van der Waals surface area (Å²) >= 11 is 0. The summed E-state index contributed by atoms with van der Waals surface area (Å²) in [6.07, 6.45) is 1.98. The molecule has 0 saturated heterocycles. The fourth-order valence-corrected chi connectivity index (χ4v) is 4.16. The average Bonchev–Trinajstić information content (AvgIpc) is 3.58. The minimum atomic E-state index is -0.490. The Morgan fingerprint density at radius 2 is 1.76 bits per heavy atom. The smallest absolute Gasteiger partial charge is 0.353 e. The molecule has 168 valence electrons. The van der Waals surface area contributed by atoms with Crippen LogP contribution in [0, 0.1) is 13.8 Å². The van der Waals surface area contributed by atoms with Crippen molar-refractivity contribution in [1.82, 2.24) is 29.0 Å². The van der Waals surface area contributed by atoms with Crippen LogP contribution in [0.1, 0.15) is 24.2 Å². The number of hydrogen-bond acceptors (Lipinski definition) is 6. The first-order chi connectivity index (χ1) is 15.8. The van der Waals surface area contributed by atoms with E-state index in [1.807, 2.05) is 56.3 Å². The Morgan fingerprint density at radius 1 is 1.09 bits per heavy atom. The van der Waals surface area contributed by atoms with Gasteiger partial charge in [-0.25, -0.2) is 18.9 Å². The van der Waals surface area contributed by atoms with Crippen LogP contribution in [0.5, 0.6) is 0 Å². The van der Waals surface area contributed by atoms with Crippen LogP contribution in [0.4, 0.5) is 5.95 Å². The molecule has 0 spiro atoms. The standard InChI is InChI=1S/C24H25N7O2/c1-14-11-17(12-15(2)26-14)20-21(16-7-5-4-6-8-16)27-23(25)31-22(20)28-30(24(31)33)13-19(32)29(3)18-9-10-18/h4-8,11-12,18H,9-10,13H2,1-3H3,(H2,25,27). The number of fused-ring (bicyclic) bond motifs is 1. The number of carbonyl (C=O) groups is 1. The number of nitrogen functional groups attached to an aromatic ring is 1. The zero-order chi connectivity index (χ0) is 23.3. The highest BCUT2D eigenvalue weighted by Crippen LogP contribution is 2.34. The van der Waals surface area contributed by atoms with E-state index in [4.69, 9.17) is 5.73 Å². The molecule has 33 heavy (non-hydrogen) atoms. The lowest BCUT2D eigenvalue weighted by atomic mass is 9.99. The van der Waals surface area contributed by atoms with Crippen LogP contribution < -0.4 is 11.4 Å². The predicted molar refractivity (Wildman–Crippen MR) is 126 cm³/mol. The van der Waals surface area contributed by atoms with Crippen molar-refractivity contribution >= 4 is 17.5 Å². The number of aryl methyl sites for hydroxylation is 2. The molecular weight excluding hydrogens is 418 g/mol. The number of anilines is 1. The van der Waals surface area contributed by atoms with Crippen molar-refractivity contribution in [3.63, 3.8) is 0 Å². The molecule has 1 aliphatic carbocycles. The van der Waals surface area contributed by atoms with E-state index in [9.17, 15) is 9.59 Å². The fourth-order valence-electron chi connectivity index (χ4n) is 4.16. The number of benzene rings is 1. The summed E-state index contributed by atoms with van der Waals surface area (Å²) in [5.41, 5.74) is 10.8. The molecule has 9 nitrogen and oxygen atoms in total. The van der Waals surface area contributed by atoms with E-state index in [-0.39, 0.29) is 24.4 Å². The SMILES string of the molecule is Cc1cc(-c2c(-c3ccccc3)nc(N)n3c(=O)n(CC(=O)N(C)C4CC4)nc23)cc(C)n1. The minimum Gasteiger partial charge on any atom is -0.369 e. The van der Waals surface area contributed by atoms with Crippen molar-refractivity contribution < 1.29 is 4.79 Å².